The van der Waals surface area contributed by atoms with E-state index < -0.39 is 0 Å². The zero-order valence-electron chi connectivity index (χ0n) is 13.2. The van der Waals surface area contributed by atoms with Crippen molar-refractivity contribution in [2.75, 3.05) is 5.32 Å². The van der Waals surface area contributed by atoms with Gasteiger partial charge in [-0.1, -0.05) is 26.0 Å². The highest BCUT2D eigenvalue weighted by Crippen LogP contribution is 2.36. The number of hydrogen-bond acceptors (Lipinski definition) is 3. The Balaban J connectivity index is 1.98. The molecule has 1 aliphatic heterocycles. The summed E-state index contributed by atoms with van der Waals surface area (Å²) in [6, 6.07) is 8.20. The van der Waals surface area contributed by atoms with Gasteiger partial charge in [0.05, 0.1) is 11.4 Å². The number of rotatable bonds is 4. The van der Waals surface area contributed by atoms with E-state index in [2.05, 4.69) is 38.2 Å². The molecule has 1 aromatic heterocycles. The molecule has 5 heteroatoms. The van der Waals surface area contributed by atoms with Gasteiger partial charge in [0, 0.05) is 23.5 Å². The number of fused-ring (bicyclic) bond motifs is 1. The first kappa shape index (κ1) is 15.2. The van der Waals surface area contributed by atoms with Crippen molar-refractivity contribution in [3.63, 3.8) is 0 Å². The van der Waals surface area contributed by atoms with Crippen LogP contribution in [0.25, 0.3) is 5.69 Å². The van der Waals surface area contributed by atoms with E-state index in [1.165, 1.54) is 11.1 Å². The average molecular weight is 315 g/mol. The first-order valence-corrected chi connectivity index (χ1v) is 8.75. The fourth-order valence-corrected chi connectivity index (χ4v) is 3.68. The summed E-state index contributed by atoms with van der Waals surface area (Å²) in [4.78, 5) is 12.2. The van der Waals surface area contributed by atoms with Crippen LogP contribution in [0.15, 0.2) is 24.3 Å². The second kappa shape index (κ2) is 6.16. The monoisotopic (exact) mass is 315 g/mol. The van der Waals surface area contributed by atoms with E-state index in [-0.39, 0.29) is 5.91 Å². The van der Waals surface area contributed by atoms with Crippen LogP contribution in [0.1, 0.15) is 37.1 Å². The zero-order valence-corrected chi connectivity index (χ0v) is 14.0. The minimum Gasteiger partial charge on any atom is -0.310 e. The molecule has 22 heavy (non-hydrogen) atoms. The molecule has 0 unspecified atom stereocenters. The summed E-state index contributed by atoms with van der Waals surface area (Å²) in [5, 5.41) is 7.80. The van der Waals surface area contributed by atoms with E-state index in [4.69, 9.17) is 5.10 Å². The molecular formula is C17H21N3OS. The van der Waals surface area contributed by atoms with E-state index in [0.29, 0.717) is 12.3 Å². The summed E-state index contributed by atoms with van der Waals surface area (Å²) in [7, 11) is 0. The Bertz CT molecular complexity index is 706. The van der Waals surface area contributed by atoms with Crippen molar-refractivity contribution in [2.45, 2.75) is 38.7 Å². The van der Waals surface area contributed by atoms with Crippen molar-refractivity contribution in [3.8, 4) is 5.69 Å². The van der Waals surface area contributed by atoms with Crippen molar-refractivity contribution < 1.29 is 4.79 Å². The number of thioether (sulfide) groups is 1. The first-order valence-electron chi connectivity index (χ1n) is 7.60. The number of benzene rings is 1. The van der Waals surface area contributed by atoms with Crippen molar-refractivity contribution >= 4 is 23.5 Å². The van der Waals surface area contributed by atoms with Crippen LogP contribution < -0.4 is 5.32 Å². The number of aromatic nitrogens is 2. The third-order valence-corrected chi connectivity index (χ3v) is 4.62. The Kier molecular flexibility index (Phi) is 4.25. The van der Waals surface area contributed by atoms with E-state index in [0.717, 1.165) is 28.7 Å². The number of hydrogen-bond donors (Lipinski definition) is 1. The molecule has 0 saturated carbocycles. The molecule has 2 aromatic rings. The van der Waals surface area contributed by atoms with Crippen LogP contribution in [0.5, 0.6) is 0 Å². The predicted molar refractivity (Wildman–Crippen MR) is 91.4 cm³/mol. The minimum absolute atomic E-state index is 0.0588. The summed E-state index contributed by atoms with van der Waals surface area (Å²) >= 11 is 1.84. The van der Waals surface area contributed by atoms with Gasteiger partial charge in [0.25, 0.3) is 0 Å². The van der Waals surface area contributed by atoms with Crippen LogP contribution in [-0.2, 0) is 16.3 Å². The molecule has 1 aromatic carbocycles. The Morgan fingerprint density at radius 2 is 2.23 bits per heavy atom. The third-order valence-electron chi connectivity index (χ3n) is 3.65. The molecule has 1 aliphatic rings. The van der Waals surface area contributed by atoms with E-state index in [1.807, 2.05) is 28.6 Å². The van der Waals surface area contributed by atoms with Gasteiger partial charge in [-0.2, -0.15) is 16.9 Å². The van der Waals surface area contributed by atoms with Gasteiger partial charge in [0.1, 0.15) is 5.82 Å². The third kappa shape index (κ3) is 3.04. The number of nitrogens with zero attached hydrogens (tertiary/aromatic N) is 2. The Hall–Kier alpha value is -1.75. The molecule has 0 saturated heterocycles. The first-order chi connectivity index (χ1) is 10.5. The Labute approximate surface area is 135 Å². The molecule has 3 rings (SSSR count). The summed E-state index contributed by atoms with van der Waals surface area (Å²) < 4.78 is 1.88. The summed E-state index contributed by atoms with van der Waals surface area (Å²) in [5.41, 5.74) is 4.44. The standard InChI is InChI=1S/C17H21N3OS/c1-11(2)7-16(21)18-17-14-9-22-10-15(14)19-20(17)13-6-4-5-12(3)8-13/h4-6,8,11H,7,9-10H2,1-3H3,(H,18,21). The highest BCUT2D eigenvalue weighted by molar-refractivity contribution is 7.98. The van der Waals surface area contributed by atoms with Crippen LogP contribution in [0.2, 0.25) is 0 Å². The molecule has 1 amide bonds. The normalized spacial score (nSPS) is 13.5. The number of amides is 1. The van der Waals surface area contributed by atoms with Gasteiger partial charge in [-0.3, -0.25) is 4.79 Å². The molecule has 0 fully saturated rings. The Morgan fingerprint density at radius 3 is 2.95 bits per heavy atom. The molecule has 0 atom stereocenters. The largest absolute Gasteiger partial charge is 0.310 e. The number of carbonyl (C=O) groups excluding carboxylic acids is 1. The highest BCUT2D eigenvalue weighted by atomic mass is 32.2. The quantitative estimate of drug-likeness (QED) is 0.930. The molecule has 0 bridgehead atoms. The minimum atomic E-state index is 0.0588. The van der Waals surface area contributed by atoms with Crippen molar-refractivity contribution in [2.24, 2.45) is 5.92 Å². The maximum Gasteiger partial charge on any atom is 0.225 e. The van der Waals surface area contributed by atoms with Crippen LogP contribution in [0.4, 0.5) is 5.82 Å². The van der Waals surface area contributed by atoms with E-state index in [9.17, 15) is 4.79 Å². The van der Waals surface area contributed by atoms with Gasteiger partial charge in [0.15, 0.2) is 0 Å². The summed E-state index contributed by atoms with van der Waals surface area (Å²) in [6.07, 6.45) is 0.529. The van der Waals surface area contributed by atoms with Crippen LogP contribution in [0, 0.1) is 12.8 Å². The lowest BCUT2D eigenvalue weighted by atomic mass is 10.1. The van der Waals surface area contributed by atoms with Gasteiger partial charge in [-0.25, -0.2) is 4.68 Å². The molecular weight excluding hydrogens is 294 g/mol. The van der Waals surface area contributed by atoms with E-state index in [1.54, 1.807) is 0 Å². The second-order valence-corrected chi connectivity index (χ2v) is 7.15. The molecule has 1 N–H and O–H groups in total. The lowest BCUT2D eigenvalue weighted by molar-refractivity contribution is -0.116. The summed E-state index contributed by atoms with van der Waals surface area (Å²) in [6.45, 7) is 6.17. The van der Waals surface area contributed by atoms with Gasteiger partial charge in [0.2, 0.25) is 5.91 Å². The molecule has 0 radical (unpaired) electrons. The molecule has 2 heterocycles. The smallest absolute Gasteiger partial charge is 0.225 e. The second-order valence-electron chi connectivity index (χ2n) is 6.16. The van der Waals surface area contributed by atoms with Gasteiger partial charge < -0.3 is 5.32 Å². The predicted octanol–water partition coefficient (Wildman–Crippen LogP) is 3.91. The fraction of sp³-hybridized carbons (Fsp3) is 0.412. The molecule has 0 spiro atoms. The molecule has 116 valence electrons. The average Bonchev–Trinajstić information content (AvgIpc) is 3.00. The number of nitrogens with one attached hydrogen (secondary N) is 1. The maximum atomic E-state index is 12.2. The fourth-order valence-electron chi connectivity index (χ4n) is 2.64. The Morgan fingerprint density at radius 1 is 1.41 bits per heavy atom. The SMILES string of the molecule is Cc1cccc(-n2nc3c(c2NC(=O)CC(C)C)CSC3)c1. The maximum absolute atomic E-state index is 12.2. The van der Waals surface area contributed by atoms with Crippen LogP contribution in [-0.4, -0.2) is 15.7 Å². The number of aryl methyl sites for hydroxylation is 1. The zero-order chi connectivity index (χ0) is 15.7. The van der Waals surface area contributed by atoms with Gasteiger partial charge >= 0.3 is 0 Å². The summed E-state index contributed by atoms with van der Waals surface area (Å²) in [5.74, 6) is 3.08. The lowest BCUT2D eigenvalue weighted by Crippen LogP contribution is -2.17. The van der Waals surface area contributed by atoms with Crippen LogP contribution >= 0.6 is 11.8 Å². The van der Waals surface area contributed by atoms with Gasteiger partial charge in [-0.15, -0.1) is 0 Å². The molecule has 0 aliphatic carbocycles. The highest BCUT2D eigenvalue weighted by Gasteiger charge is 2.24. The van der Waals surface area contributed by atoms with Crippen LogP contribution in [0.3, 0.4) is 0 Å². The van der Waals surface area contributed by atoms with E-state index >= 15 is 0 Å². The van der Waals surface area contributed by atoms with Crippen molar-refractivity contribution in [1.82, 2.24) is 9.78 Å². The van der Waals surface area contributed by atoms with Gasteiger partial charge in [-0.05, 0) is 30.5 Å². The van der Waals surface area contributed by atoms with Crippen molar-refractivity contribution in [1.29, 1.82) is 0 Å². The van der Waals surface area contributed by atoms with Crippen molar-refractivity contribution in [3.05, 3.63) is 41.1 Å². The molecule has 4 nitrogen and oxygen atoms in total. The number of carbonyl (C=O) groups is 1. The number of anilines is 1. The lowest BCUT2D eigenvalue weighted by Gasteiger charge is -2.12. The topological polar surface area (TPSA) is 46.9 Å².